The van der Waals surface area contributed by atoms with Crippen molar-refractivity contribution in [3.63, 3.8) is 0 Å². The van der Waals surface area contributed by atoms with Crippen LogP contribution >= 0.6 is 24.0 Å². The zero-order valence-corrected chi connectivity index (χ0v) is 17.6. The molecule has 30 heavy (non-hydrogen) atoms. The fourth-order valence-electron chi connectivity index (χ4n) is 3.15. The Hall–Kier alpha value is -3.17. The van der Waals surface area contributed by atoms with Crippen LogP contribution in [0.25, 0.3) is 17.0 Å². The molecule has 0 aliphatic carbocycles. The van der Waals surface area contributed by atoms with E-state index in [9.17, 15) is 14.4 Å². The van der Waals surface area contributed by atoms with E-state index in [0.29, 0.717) is 20.5 Å². The first-order chi connectivity index (χ1) is 14.4. The van der Waals surface area contributed by atoms with E-state index >= 15 is 0 Å². The molecular formula is C21H17N3O4S2. The minimum atomic E-state index is -0.329. The van der Waals surface area contributed by atoms with E-state index in [4.69, 9.17) is 16.6 Å². The van der Waals surface area contributed by atoms with Crippen molar-refractivity contribution in [2.24, 2.45) is 0 Å². The van der Waals surface area contributed by atoms with E-state index in [2.05, 4.69) is 4.98 Å². The summed E-state index contributed by atoms with van der Waals surface area (Å²) in [7, 11) is 1.63. The quantitative estimate of drug-likeness (QED) is 0.486. The van der Waals surface area contributed by atoms with Gasteiger partial charge in [-0.25, -0.2) is 0 Å². The van der Waals surface area contributed by atoms with E-state index in [0.717, 1.165) is 22.7 Å². The molecule has 1 saturated heterocycles. The summed E-state index contributed by atoms with van der Waals surface area (Å²) in [6.07, 6.45) is 3.12. The second-order valence-electron chi connectivity index (χ2n) is 6.74. The van der Waals surface area contributed by atoms with Gasteiger partial charge in [0, 0.05) is 36.6 Å². The number of carbonyl (C=O) groups is 2. The average Bonchev–Trinajstić information content (AvgIpc) is 3.32. The van der Waals surface area contributed by atoms with Crippen molar-refractivity contribution in [3.8, 4) is 0 Å². The van der Waals surface area contributed by atoms with Crippen LogP contribution in [0.2, 0.25) is 0 Å². The number of H-pyrrole nitrogens is 1. The molecule has 9 heteroatoms. The number of nitrogens with zero attached hydrogens (tertiary/aromatic N) is 2. The van der Waals surface area contributed by atoms with Crippen LogP contribution in [-0.2, 0) is 16.1 Å². The van der Waals surface area contributed by atoms with Crippen LogP contribution in [0.15, 0.2) is 62.8 Å². The lowest BCUT2D eigenvalue weighted by molar-refractivity contribution is -0.134. The number of rotatable bonds is 5. The molecule has 4 rings (SSSR count). The minimum Gasteiger partial charge on any atom is -0.465 e. The van der Waals surface area contributed by atoms with Crippen LogP contribution in [0.3, 0.4) is 0 Å². The topological polar surface area (TPSA) is 86.6 Å². The second-order valence-corrected chi connectivity index (χ2v) is 8.41. The van der Waals surface area contributed by atoms with Gasteiger partial charge in [0.25, 0.3) is 5.91 Å². The lowest BCUT2D eigenvalue weighted by atomic mass is 10.1. The lowest BCUT2D eigenvalue weighted by Crippen LogP contribution is -2.40. The molecule has 0 unspecified atom stereocenters. The highest BCUT2D eigenvalue weighted by atomic mass is 32.2. The van der Waals surface area contributed by atoms with Crippen molar-refractivity contribution in [2.75, 3.05) is 13.6 Å². The Morgan fingerprint density at radius 1 is 1.27 bits per heavy atom. The summed E-state index contributed by atoms with van der Waals surface area (Å²) in [6, 6.07) is 12.4. The monoisotopic (exact) mass is 439 g/mol. The van der Waals surface area contributed by atoms with Crippen LogP contribution < -0.4 is 5.56 Å². The van der Waals surface area contributed by atoms with Crippen molar-refractivity contribution in [3.05, 3.63) is 75.3 Å². The van der Waals surface area contributed by atoms with Gasteiger partial charge in [-0.05, 0) is 23.8 Å². The first-order valence-electron chi connectivity index (χ1n) is 9.06. The second kappa shape index (κ2) is 8.29. The molecule has 0 spiro atoms. The van der Waals surface area contributed by atoms with Crippen LogP contribution in [0, 0.1) is 0 Å². The molecule has 0 atom stereocenters. The first kappa shape index (κ1) is 20.1. The van der Waals surface area contributed by atoms with E-state index < -0.39 is 0 Å². The van der Waals surface area contributed by atoms with Gasteiger partial charge in [0.1, 0.15) is 16.6 Å². The smallest absolute Gasteiger partial charge is 0.266 e. The van der Waals surface area contributed by atoms with Crippen molar-refractivity contribution < 1.29 is 14.0 Å². The number of likely N-dealkylation sites (N-methyl/N-ethyl adjacent to an activating group) is 1. The van der Waals surface area contributed by atoms with Gasteiger partial charge in [0.2, 0.25) is 11.5 Å². The molecule has 1 aliphatic heterocycles. The molecule has 1 fully saturated rings. The highest BCUT2D eigenvalue weighted by Gasteiger charge is 2.34. The molecule has 1 aromatic carbocycles. The van der Waals surface area contributed by atoms with Gasteiger partial charge in [-0.2, -0.15) is 0 Å². The number of hydrogen-bond acceptors (Lipinski definition) is 6. The van der Waals surface area contributed by atoms with Crippen LogP contribution in [0.5, 0.6) is 0 Å². The van der Waals surface area contributed by atoms with Crippen molar-refractivity contribution in [1.82, 2.24) is 14.8 Å². The summed E-state index contributed by atoms with van der Waals surface area (Å²) in [5.74, 6) is -0.0696. The largest absolute Gasteiger partial charge is 0.465 e. The number of nitrogens with one attached hydrogen (secondary N) is 1. The molecule has 152 valence electrons. The number of thiocarbonyl (C=S) groups is 1. The number of fused-ring (bicyclic) bond motifs is 1. The maximum absolute atomic E-state index is 12.8. The number of amides is 2. The number of furan rings is 1. The molecular weight excluding hydrogens is 422 g/mol. The Morgan fingerprint density at radius 2 is 2.07 bits per heavy atom. The predicted octanol–water partition coefficient (Wildman–Crippen LogP) is 2.98. The normalized spacial score (nSPS) is 15.4. The minimum absolute atomic E-state index is 0.169. The number of aromatic nitrogens is 1. The summed E-state index contributed by atoms with van der Waals surface area (Å²) in [6.45, 7) is 0.0675. The van der Waals surface area contributed by atoms with Gasteiger partial charge >= 0.3 is 0 Å². The van der Waals surface area contributed by atoms with Gasteiger partial charge in [-0.15, -0.1) is 0 Å². The molecule has 2 aromatic heterocycles. The Bertz CT molecular complexity index is 1230. The third-order valence-electron chi connectivity index (χ3n) is 4.65. The molecule has 0 saturated carbocycles. The predicted molar refractivity (Wildman–Crippen MR) is 120 cm³/mol. The van der Waals surface area contributed by atoms with Gasteiger partial charge in [-0.1, -0.05) is 42.2 Å². The van der Waals surface area contributed by atoms with Crippen LogP contribution in [0.4, 0.5) is 0 Å². The first-order valence-corrected chi connectivity index (χ1v) is 10.3. The third-order valence-corrected chi connectivity index (χ3v) is 6.03. The summed E-state index contributed by atoms with van der Waals surface area (Å²) < 4.78 is 5.56. The van der Waals surface area contributed by atoms with Crippen molar-refractivity contribution >= 4 is 57.1 Å². The number of hydrogen-bond donors (Lipinski definition) is 1. The highest BCUT2D eigenvalue weighted by molar-refractivity contribution is 8.26. The number of pyridine rings is 1. The Kier molecular flexibility index (Phi) is 5.56. The summed E-state index contributed by atoms with van der Waals surface area (Å²) in [5.41, 5.74) is 1.21. The summed E-state index contributed by atoms with van der Waals surface area (Å²) in [4.78, 5) is 43.3. The fourth-order valence-corrected chi connectivity index (χ4v) is 4.38. The molecule has 2 amide bonds. The zero-order valence-electron chi connectivity index (χ0n) is 16.0. The number of thioether (sulfide) groups is 1. The van der Waals surface area contributed by atoms with Crippen LogP contribution in [0.1, 0.15) is 11.3 Å². The molecule has 1 aliphatic rings. The standard InChI is InChI=1S/C21H17N3O4S2/c1-23(11-13-9-18(25)22-16-7-3-2-6-15(13)16)19(26)12-24-20(27)17(30-21(24)29)10-14-5-4-8-28-14/h2-10H,11-12H2,1H3,(H,22,25)/b17-10-. The number of benzene rings is 1. The van der Waals surface area contributed by atoms with E-state index in [1.54, 1.807) is 25.3 Å². The van der Waals surface area contributed by atoms with E-state index in [-0.39, 0.29) is 30.5 Å². The molecule has 7 nitrogen and oxygen atoms in total. The van der Waals surface area contributed by atoms with Gasteiger partial charge < -0.3 is 14.3 Å². The highest BCUT2D eigenvalue weighted by Crippen LogP contribution is 2.32. The summed E-state index contributed by atoms with van der Waals surface area (Å²) in [5, 5.41) is 0.865. The van der Waals surface area contributed by atoms with Crippen molar-refractivity contribution in [1.29, 1.82) is 0 Å². The Labute approximate surface area is 181 Å². The molecule has 1 N–H and O–H groups in total. The maximum atomic E-state index is 12.8. The summed E-state index contributed by atoms with van der Waals surface area (Å²) >= 11 is 6.42. The van der Waals surface area contributed by atoms with Crippen LogP contribution in [-0.4, -0.2) is 44.5 Å². The average molecular weight is 440 g/mol. The molecule has 0 radical (unpaired) electrons. The van der Waals surface area contributed by atoms with Crippen molar-refractivity contribution in [2.45, 2.75) is 6.54 Å². The van der Waals surface area contributed by atoms with Gasteiger partial charge in [-0.3, -0.25) is 19.3 Å². The van der Waals surface area contributed by atoms with Gasteiger partial charge in [0.05, 0.1) is 11.2 Å². The fraction of sp³-hybridized carbons (Fsp3) is 0.143. The number of para-hydroxylation sites is 1. The SMILES string of the molecule is CN(Cc1cc(=O)[nH]c2ccccc12)C(=O)CN1C(=O)/C(=C/c2ccco2)SC1=S. The van der Waals surface area contributed by atoms with Gasteiger partial charge in [0.15, 0.2) is 0 Å². The lowest BCUT2D eigenvalue weighted by Gasteiger charge is -2.21. The number of carbonyl (C=O) groups excluding carboxylic acids is 2. The number of aromatic amines is 1. The van der Waals surface area contributed by atoms with E-state index in [1.807, 2.05) is 24.3 Å². The zero-order chi connectivity index (χ0) is 21.3. The molecule has 3 heterocycles. The van der Waals surface area contributed by atoms with E-state index in [1.165, 1.54) is 22.1 Å². The maximum Gasteiger partial charge on any atom is 0.266 e. The third kappa shape index (κ3) is 4.07. The Morgan fingerprint density at radius 3 is 2.83 bits per heavy atom. The molecule has 3 aromatic rings. The Balaban J connectivity index is 1.48. The molecule has 0 bridgehead atoms.